The number of pyridine rings is 1. The monoisotopic (exact) mass is 261 g/mol. The third-order valence-corrected chi connectivity index (χ3v) is 3.93. The normalized spacial score (nSPS) is 14.7. The van der Waals surface area contributed by atoms with Crippen molar-refractivity contribution in [1.29, 1.82) is 0 Å². The van der Waals surface area contributed by atoms with Crippen LogP contribution in [0.25, 0.3) is 10.6 Å². The molecule has 1 saturated carbocycles. The molecule has 2 aromatic heterocycles. The first-order valence-corrected chi connectivity index (χ1v) is 6.59. The molecule has 1 N–H and O–H groups in total. The van der Waals surface area contributed by atoms with Crippen LogP contribution < -0.4 is 5.56 Å². The van der Waals surface area contributed by atoms with Crippen molar-refractivity contribution in [3.05, 3.63) is 45.6 Å². The van der Waals surface area contributed by atoms with E-state index in [9.17, 15) is 9.59 Å². The fourth-order valence-corrected chi connectivity index (χ4v) is 2.78. The van der Waals surface area contributed by atoms with Crippen molar-refractivity contribution >= 4 is 17.3 Å². The molecule has 0 unspecified atom stereocenters. The maximum absolute atomic E-state index is 12.2. The summed E-state index contributed by atoms with van der Waals surface area (Å²) in [5.41, 5.74) is 0.278. The molecule has 3 rings (SSSR count). The van der Waals surface area contributed by atoms with E-state index in [-0.39, 0.29) is 11.6 Å². The first-order chi connectivity index (χ1) is 8.68. The Labute approximate surface area is 107 Å². The molecule has 0 bridgehead atoms. The number of carboxylic acids is 1. The van der Waals surface area contributed by atoms with Gasteiger partial charge in [-0.05, 0) is 36.4 Å². The highest BCUT2D eigenvalue weighted by Gasteiger charge is 2.29. The summed E-state index contributed by atoms with van der Waals surface area (Å²) in [4.78, 5) is 24.2. The fraction of sp³-hybridized carbons (Fsp3) is 0.231. The van der Waals surface area contributed by atoms with Crippen LogP contribution in [0, 0.1) is 0 Å². The SMILES string of the molecule is O=C(O)c1ccc(-c2cccs2)n(C2CC2)c1=O. The van der Waals surface area contributed by atoms with Gasteiger partial charge in [-0.3, -0.25) is 4.79 Å². The molecule has 0 aromatic carbocycles. The van der Waals surface area contributed by atoms with E-state index >= 15 is 0 Å². The predicted molar refractivity (Wildman–Crippen MR) is 69.2 cm³/mol. The topological polar surface area (TPSA) is 59.3 Å². The Bertz CT molecular complexity index is 653. The molecule has 92 valence electrons. The first kappa shape index (κ1) is 11.2. The zero-order valence-corrected chi connectivity index (χ0v) is 10.3. The average molecular weight is 261 g/mol. The largest absolute Gasteiger partial charge is 0.477 e. The van der Waals surface area contributed by atoms with Gasteiger partial charge in [-0.2, -0.15) is 0 Å². The summed E-state index contributed by atoms with van der Waals surface area (Å²) in [5, 5.41) is 10.9. The number of rotatable bonds is 3. The Kier molecular flexibility index (Phi) is 2.56. The molecule has 0 radical (unpaired) electrons. The quantitative estimate of drug-likeness (QED) is 0.923. The molecule has 5 heteroatoms. The molecule has 0 atom stereocenters. The molecule has 18 heavy (non-hydrogen) atoms. The summed E-state index contributed by atoms with van der Waals surface area (Å²) in [5.74, 6) is -1.16. The minimum absolute atomic E-state index is 0.151. The summed E-state index contributed by atoms with van der Waals surface area (Å²) >= 11 is 1.55. The van der Waals surface area contributed by atoms with Crippen molar-refractivity contribution in [1.82, 2.24) is 4.57 Å². The van der Waals surface area contributed by atoms with Crippen molar-refractivity contribution in [2.24, 2.45) is 0 Å². The fourth-order valence-electron chi connectivity index (χ4n) is 2.04. The molecule has 4 nitrogen and oxygen atoms in total. The smallest absolute Gasteiger partial charge is 0.341 e. The van der Waals surface area contributed by atoms with Gasteiger partial charge in [0.15, 0.2) is 0 Å². The minimum atomic E-state index is -1.16. The van der Waals surface area contributed by atoms with Crippen LogP contribution in [0.3, 0.4) is 0 Å². The number of hydrogen-bond donors (Lipinski definition) is 1. The van der Waals surface area contributed by atoms with Crippen LogP contribution in [0.5, 0.6) is 0 Å². The van der Waals surface area contributed by atoms with E-state index in [0.717, 1.165) is 23.4 Å². The maximum Gasteiger partial charge on any atom is 0.341 e. The Hall–Kier alpha value is -1.88. The van der Waals surface area contributed by atoms with Gasteiger partial charge < -0.3 is 9.67 Å². The van der Waals surface area contributed by atoms with Gasteiger partial charge in [0.2, 0.25) is 0 Å². The molecular formula is C13H11NO3S. The van der Waals surface area contributed by atoms with Crippen LogP contribution in [0.15, 0.2) is 34.4 Å². The van der Waals surface area contributed by atoms with Gasteiger partial charge in [0.05, 0.1) is 10.6 Å². The van der Waals surface area contributed by atoms with Crippen LogP contribution in [0.4, 0.5) is 0 Å². The van der Waals surface area contributed by atoms with E-state index in [2.05, 4.69) is 0 Å². The number of aromatic nitrogens is 1. The van der Waals surface area contributed by atoms with Crippen LogP contribution in [0.1, 0.15) is 29.2 Å². The lowest BCUT2D eigenvalue weighted by molar-refractivity contribution is 0.0694. The van der Waals surface area contributed by atoms with Crippen molar-refractivity contribution in [3.63, 3.8) is 0 Å². The van der Waals surface area contributed by atoms with Gasteiger partial charge in [0, 0.05) is 6.04 Å². The van der Waals surface area contributed by atoms with E-state index in [1.165, 1.54) is 6.07 Å². The van der Waals surface area contributed by atoms with Gasteiger partial charge in [0.25, 0.3) is 5.56 Å². The standard InChI is InChI=1S/C13H11NO3S/c15-12-9(13(16)17)5-6-10(11-2-1-7-18-11)14(12)8-3-4-8/h1-2,5-8H,3-4H2,(H,16,17). The third kappa shape index (κ3) is 1.76. The highest BCUT2D eigenvalue weighted by atomic mass is 32.1. The predicted octanol–water partition coefficient (Wildman–Crippen LogP) is 2.61. The molecule has 0 aliphatic heterocycles. The highest BCUT2D eigenvalue weighted by Crippen LogP contribution is 2.38. The maximum atomic E-state index is 12.2. The second kappa shape index (κ2) is 4.10. The average Bonchev–Trinajstić information content (AvgIpc) is 3.03. The Morgan fingerprint density at radius 1 is 1.33 bits per heavy atom. The summed E-state index contributed by atoms with van der Waals surface area (Å²) in [6.07, 6.45) is 1.89. The number of hydrogen-bond acceptors (Lipinski definition) is 3. The van der Waals surface area contributed by atoms with E-state index < -0.39 is 11.5 Å². The third-order valence-electron chi connectivity index (χ3n) is 3.03. The zero-order chi connectivity index (χ0) is 12.7. The molecule has 0 amide bonds. The highest BCUT2D eigenvalue weighted by molar-refractivity contribution is 7.13. The molecule has 2 heterocycles. The van der Waals surface area contributed by atoms with Gasteiger partial charge in [-0.25, -0.2) is 4.79 Å². The molecule has 2 aromatic rings. The molecule has 1 fully saturated rings. The van der Waals surface area contributed by atoms with Crippen molar-refractivity contribution < 1.29 is 9.90 Å². The van der Waals surface area contributed by atoms with E-state index in [4.69, 9.17) is 5.11 Å². The van der Waals surface area contributed by atoms with Gasteiger partial charge in [0.1, 0.15) is 5.56 Å². The minimum Gasteiger partial charge on any atom is -0.477 e. The van der Waals surface area contributed by atoms with Gasteiger partial charge in [-0.1, -0.05) is 6.07 Å². The molecule has 0 saturated heterocycles. The lowest BCUT2D eigenvalue weighted by Crippen LogP contribution is -2.26. The Balaban J connectivity index is 2.24. The molecule has 1 aliphatic carbocycles. The lowest BCUT2D eigenvalue weighted by atomic mass is 10.2. The van der Waals surface area contributed by atoms with Gasteiger partial charge in [-0.15, -0.1) is 11.3 Å². The summed E-state index contributed by atoms with van der Waals surface area (Å²) < 4.78 is 1.63. The van der Waals surface area contributed by atoms with E-state index in [1.807, 2.05) is 17.5 Å². The number of carbonyl (C=O) groups is 1. The van der Waals surface area contributed by atoms with E-state index in [1.54, 1.807) is 22.0 Å². The van der Waals surface area contributed by atoms with Crippen LogP contribution in [0.2, 0.25) is 0 Å². The summed E-state index contributed by atoms with van der Waals surface area (Å²) in [6, 6.07) is 7.16. The Morgan fingerprint density at radius 2 is 2.11 bits per heavy atom. The van der Waals surface area contributed by atoms with Crippen LogP contribution in [-0.2, 0) is 0 Å². The van der Waals surface area contributed by atoms with Crippen LogP contribution in [-0.4, -0.2) is 15.6 Å². The number of aromatic carboxylic acids is 1. The number of carboxylic acid groups (broad SMARTS) is 1. The van der Waals surface area contributed by atoms with Crippen molar-refractivity contribution in [2.45, 2.75) is 18.9 Å². The van der Waals surface area contributed by atoms with E-state index in [0.29, 0.717) is 0 Å². The van der Waals surface area contributed by atoms with Crippen molar-refractivity contribution in [2.75, 3.05) is 0 Å². The number of nitrogens with zero attached hydrogens (tertiary/aromatic N) is 1. The summed E-state index contributed by atoms with van der Waals surface area (Å²) in [7, 11) is 0. The zero-order valence-electron chi connectivity index (χ0n) is 9.50. The Morgan fingerprint density at radius 3 is 2.67 bits per heavy atom. The van der Waals surface area contributed by atoms with Crippen LogP contribution >= 0.6 is 11.3 Å². The lowest BCUT2D eigenvalue weighted by Gasteiger charge is -2.11. The first-order valence-electron chi connectivity index (χ1n) is 5.71. The molecule has 1 aliphatic rings. The summed E-state index contributed by atoms with van der Waals surface area (Å²) in [6.45, 7) is 0. The second-order valence-electron chi connectivity index (χ2n) is 4.32. The van der Waals surface area contributed by atoms with Gasteiger partial charge >= 0.3 is 5.97 Å². The molecular weight excluding hydrogens is 250 g/mol. The molecule has 0 spiro atoms. The second-order valence-corrected chi connectivity index (χ2v) is 5.27. The van der Waals surface area contributed by atoms with Crippen molar-refractivity contribution in [3.8, 4) is 10.6 Å². The number of thiophene rings is 1.